The van der Waals surface area contributed by atoms with Crippen LogP contribution in [-0.2, 0) is 9.53 Å². The number of halogens is 1. The van der Waals surface area contributed by atoms with Crippen molar-refractivity contribution in [1.29, 1.82) is 0 Å². The van der Waals surface area contributed by atoms with E-state index in [9.17, 15) is 9.59 Å². The number of hydrogen-bond donors (Lipinski definition) is 1. The number of alkyl halides is 1. The van der Waals surface area contributed by atoms with Gasteiger partial charge in [0.1, 0.15) is 5.38 Å². The van der Waals surface area contributed by atoms with Gasteiger partial charge in [0.15, 0.2) is 0 Å². The van der Waals surface area contributed by atoms with Crippen LogP contribution in [0.25, 0.3) is 0 Å². The Kier molecular flexibility index (Phi) is 7.93. The lowest BCUT2D eigenvalue weighted by molar-refractivity contribution is -0.119. The highest BCUT2D eigenvalue weighted by atomic mass is 35.5. The molecule has 3 amide bonds. The average Bonchev–Trinajstić information content (AvgIpc) is 2.24. The molecular weight excluding hydrogens is 232 g/mol. The Labute approximate surface area is 101 Å². The summed E-state index contributed by atoms with van der Waals surface area (Å²) in [5.74, 6) is -0.485. The molecule has 0 aromatic heterocycles. The van der Waals surface area contributed by atoms with Crippen LogP contribution in [0.1, 0.15) is 20.8 Å². The van der Waals surface area contributed by atoms with E-state index in [-0.39, 0.29) is 0 Å². The average molecular weight is 251 g/mol. The minimum Gasteiger partial charge on any atom is -0.380 e. The number of nitrogens with zero attached hydrogens (tertiary/aromatic N) is 1. The van der Waals surface area contributed by atoms with Crippen molar-refractivity contribution in [1.82, 2.24) is 10.2 Å². The normalized spacial score (nSPS) is 12.0. The van der Waals surface area contributed by atoms with E-state index in [0.717, 1.165) is 0 Å². The zero-order valence-electron chi connectivity index (χ0n) is 9.96. The van der Waals surface area contributed by atoms with E-state index in [4.69, 9.17) is 16.3 Å². The van der Waals surface area contributed by atoms with Gasteiger partial charge in [-0.1, -0.05) is 0 Å². The fourth-order valence-electron chi connectivity index (χ4n) is 1.01. The molecule has 5 nitrogen and oxygen atoms in total. The fourth-order valence-corrected chi connectivity index (χ4v) is 1.06. The highest BCUT2D eigenvalue weighted by molar-refractivity contribution is 6.31. The minimum absolute atomic E-state index is 0.431. The molecular formula is C10H19ClN2O3. The molecule has 6 heteroatoms. The maximum absolute atomic E-state index is 11.6. The highest BCUT2D eigenvalue weighted by Gasteiger charge is 2.17. The van der Waals surface area contributed by atoms with E-state index in [1.54, 1.807) is 0 Å². The number of imide groups is 1. The van der Waals surface area contributed by atoms with Crippen molar-refractivity contribution in [2.24, 2.45) is 0 Å². The molecule has 94 valence electrons. The van der Waals surface area contributed by atoms with E-state index in [2.05, 4.69) is 5.32 Å². The van der Waals surface area contributed by atoms with Crippen LogP contribution in [0.4, 0.5) is 4.79 Å². The van der Waals surface area contributed by atoms with Gasteiger partial charge in [-0.3, -0.25) is 10.1 Å². The third-order valence-corrected chi connectivity index (χ3v) is 2.17. The van der Waals surface area contributed by atoms with Gasteiger partial charge in [-0.25, -0.2) is 4.79 Å². The lowest BCUT2D eigenvalue weighted by Gasteiger charge is -2.20. The molecule has 0 spiro atoms. The monoisotopic (exact) mass is 250 g/mol. The molecule has 16 heavy (non-hydrogen) atoms. The summed E-state index contributed by atoms with van der Waals surface area (Å²) in [5, 5.41) is 1.50. The molecule has 0 bridgehead atoms. The number of amides is 3. The summed E-state index contributed by atoms with van der Waals surface area (Å²) in [6.45, 7) is 7.28. The Morgan fingerprint density at radius 2 is 2.06 bits per heavy atom. The molecule has 0 saturated carbocycles. The number of carbonyl (C=O) groups excluding carboxylic acids is 2. The van der Waals surface area contributed by atoms with Crippen molar-refractivity contribution in [3.63, 3.8) is 0 Å². The topological polar surface area (TPSA) is 58.6 Å². The number of rotatable bonds is 6. The van der Waals surface area contributed by atoms with E-state index in [0.29, 0.717) is 26.3 Å². The van der Waals surface area contributed by atoms with Gasteiger partial charge in [-0.05, 0) is 20.8 Å². The van der Waals surface area contributed by atoms with Crippen LogP contribution in [-0.4, -0.2) is 48.5 Å². The second kappa shape index (κ2) is 8.35. The van der Waals surface area contributed by atoms with Crippen molar-refractivity contribution in [3.05, 3.63) is 0 Å². The largest absolute Gasteiger partial charge is 0.380 e. The van der Waals surface area contributed by atoms with Crippen LogP contribution in [0, 0.1) is 0 Å². The molecule has 0 aromatic rings. The van der Waals surface area contributed by atoms with Crippen molar-refractivity contribution in [2.45, 2.75) is 26.1 Å². The van der Waals surface area contributed by atoms with Gasteiger partial charge in [-0.15, -0.1) is 11.6 Å². The van der Waals surface area contributed by atoms with Crippen molar-refractivity contribution < 1.29 is 14.3 Å². The SMILES string of the molecule is CCOCCN(CC)C(=O)NC(=O)C(C)Cl. The molecule has 1 unspecified atom stereocenters. The molecule has 0 saturated heterocycles. The first-order chi connectivity index (χ1) is 7.52. The van der Waals surface area contributed by atoms with Crippen molar-refractivity contribution >= 4 is 23.5 Å². The fraction of sp³-hybridized carbons (Fsp3) is 0.800. The minimum atomic E-state index is -0.713. The van der Waals surface area contributed by atoms with Crippen LogP contribution < -0.4 is 5.32 Å². The van der Waals surface area contributed by atoms with E-state index in [1.807, 2.05) is 13.8 Å². The highest BCUT2D eigenvalue weighted by Crippen LogP contribution is 1.95. The Morgan fingerprint density at radius 1 is 1.44 bits per heavy atom. The van der Waals surface area contributed by atoms with E-state index >= 15 is 0 Å². The zero-order chi connectivity index (χ0) is 12.6. The number of hydrogen-bond acceptors (Lipinski definition) is 3. The molecule has 0 aliphatic carbocycles. The number of likely N-dealkylation sites (N-methyl/N-ethyl adjacent to an activating group) is 1. The van der Waals surface area contributed by atoms with Gasteiger partial charge in [-0.2, -0.15) is 0 Å². The lowest BCUT2D eigenvalue weighted by Crippen LogP contribution is -2.46. The van der Waals surface area contributed by atoms with Crippen molar-refractivity contribution in [3.8, 4) is 0 Å². The first-order valence-electron chi connectivity index (χ1n) is 5.34. The Bertz CT molecular complexity index is 234. The molecule has 0 radical (unpaired) electrons. The third kappa shape index (κ3) is 5.92. The van der Waals surface area contributed by atoms with Crippen LogP contribution >= 0.6 is 11.6 Å². The summed E-state index contributed by atoms with van der Waals surface area (Å²) >= 11 is 5.54. The van der Waals surface area contributed by atoms with Gasteiger partial charge in [0.05, 0.1) is 6.61 Å². The molecule has 0 aliphatic heterocycles. The van der Waals surface area contributed by atoms with Gasteiger partial charge < -0.3 is 9.64 Å². The van der Waals surface area contributed by atoms with Gasteiger partial charge >= 0.3 is 6.03 Å². The number of nitrogens with one attached hydrogen (secondary N) is 1. The maximum Gasteiger partial charge on any atom is 0.324 e. The van der Waals surface area contributed by atoms with Gasteiger partial charge in [0, 0.05) is 19.7 Å². The molecule has 0 aromatic carbocycles. The predicted octanol–water partition coefficient (Wildman–Crippen LogP) is 1.21. The van der Waals surface area contributed by atoms with Gasteiger partial charge in [0.25, 0.3) is 0 Å². The summed E-state index contributed by atoms with van der Waals surface area (Å²) < 4.78 is 5.14. The molecule has 0 rings (SSSR count). The molecule has 0 fully saturated rings. The third-order valence-electron chi connectivity index (χ3n) is 1.97. The summed E-state index contributed by atoms with van der Waals surface area (Å²) in [6, 6.07) is -0.431. The molecule has 1 atom stereocenters. The standard InChI is InChI=1S/C10H19ClN2O3/c1-4-13(6-7-16-5-2)10(15)12-9(14)8(3)11/h8H,4-7H2,1-3H3,(H,12,14,15). The lowest BCUT2D eigenvalue weighted by atomic mass is 10.4. The number of urea groups is 1. The van der Waals surface area contributed by atoms with Gasteiger partial charge in [0.2, 0.25) is 5.91 Å². The first kappa shape index (κ1) is 15.2. The first-order valence-corrected chi connectivity index (χ1v) is 5.78. The molecule has 0 aliphatic rings. The van der Waals surface area contributed by atoms with Crippen LogP contribution in [0.2, 0.25) is 0 Å². The van der Waals surface area contributed by atoms with Crippen LogP contribution in [0.15, 0.2) is 0 Å². The van der Waals surface area contributed by atoms with E-state index in [1.165, 1.54) is 11.8 Å². The van der Waals surface area contributed by atoms with E-state index < -0.39 is 17.3 Å². The summed E-state index contributed by atoms with van der Waals surface area (Å²) in [4.78, 5) is 24.2. The summed E-state index contributed by atoms with van der Waals surface area (Å²) in [7, 11) is 0. The Morgan fingerprint density at radius 3 is 2.50 bits per heavy atom. The molecule has 1 N–H and O–H groups in total. The van der Waals surface area contributed by atoms with Crippen LogP contribution in [0.3, 0.4) is 0 Å². The molecule has 0 heterocycles. The second-order valence-corrected chi connectivity index (χ2v) is 3.84. The Balaban J connectivity index is 4.05. The Hall–Kier alpha value is -0.810. The predicted molar refractivity (Wildman–Crippen MR) is 62.6 cm³/mol. The van der Waals surface area contributed by atoms with Crippen LogP contribution in [0.5, 0.6) is 0 Å². The summed E-state index contributed by atoms with van der Waals surface area (Å²) in [6.07, 6.45) is 0. The smallest absolute Gasteiger partial charge is 0.324 e. The number of ether oxygens (including phenoxy) is 1. The number of carbonyl (C=O) groups is 2. The van der Waals surface area contributed by atoms with Crippen molar-refractivity contribution in [2.75, 3.05) is 26.3 Å². The quantitative estimate of drug-likeness (QED) is 0.569. The maximum atomic E-state index is 11.6. The second-order valence-electron chi connectivity index (χ2n) is 3.19. The summed E-state index contributed by atoms with van der Waals surface area (Å²) in [5.41, 5.74) is 0. The zero-order valence-corrected chi connectivity index (χ0v) is 10.7.